The molecule has 0 atom stereocenters. The fourth-order valence-electron chi connectivity index (χ4n) is 1.22. The van der Waals surface area contributed by atoms with Crippen molar-refractivity contribution in [3.8, 4) is 0 Å². The van der Waals surface area contributed by atoms with Crippen molar-refractivity contribution < 1.29 is 22.7 Å². The number of ether oxygens (including phenoxy) is 1. The van der Waals surface area contributed by atoms with E-state index < -0.39 is 17.8 Å². The zero-order valence-corrected chi connectivity index (χ0v) is 11.9. The van der Waals surface area contributed by atoms with Crippen LogP contribution in [0.2, 0.25) is 0 Å². The lowest BCUT2D eigenvalue weighted by molar-refractivity contribution is -0.138. The van der Waals surface area contributed by atoms with E-state index in [-0.39, 0.29) is 22.7 Å². The van der Waals surface area contributed by atoms with Gasteiger partial charge in [0.25, 0.3) is 0 Å². The maximum Gasteiger partial charge on any atom is 0.417 e. The molecule has 0 spiro atoms. The number of rotatable bonds is 3. The van der Waals surface area contributed by atoms with Gasteiger partial charge in [-0.2, -0.15) is 13.2 Å². The lowest BCUT2D eigenvalue weighted by Crippen LogP contribution is -2.17. The average Bonchev–Trinajstić information content (AvgIpc) is 2.27. The third-order valence-electron chi connectivity index (χ3n) is 2.07. The first-order chi connectivity index (χ1) is 8.70. The number of hydrogen-bond donors (Lipinski definition) is 1. The van der Waals surface area contributed by atoms with Crippen LogP contribution in [0.5, 0.6) is 0 Å². The number of carbonyl (C=O) groups excluding carboxylic acids is 1. The summed E-state index contributed by atoms with van der Waals surface area (Å²) >= 11 is 2.82. The van der Waals surface area contributed by atoms with Crippen molar-refractivity contribution in [2.24, 2.45) is 5.92 Å². The Morgan fingerprint density at radius 3 is 2.58 bits per heavy atom. The molecule has 1 aromatic carbocycles. The van der Waals surface area contributed by atoms with Crippen LogP contribution in [0.4, 0.5) is 23.7 Å². The lowest BCUT2D eigenvalue weighted by atomic mass is 10.2. The topological polar surface area (TPSA) is 38.3 Å². The molecule has 19 heavy (non-hydrogen) atoms. The van der Waals surface area contributed by atoms with Crippen molar-refractivity contribution in [1.82, 2.24) is 0 Å². The maximum atomic E-state index is 12.6. The van der Waals surface area contributed by atoms with Crippen LogP contribution in [0.3, 0.4) is 0 Å². The molecule has 0 aliphatic rings. The zero-order valence-electron chi connectivity index (χ0n) is 10.3. The number of benzene rings is 1. The molecule has 1 amide bonds. The van der Waals surface area contributed by atoms with E-state index in [0.29, 0.717) is 0 Å². The number of halogens is 4. The number of alkyl halides is 3. The van der Waals surface area contributed by atoms with E-state index in [1.165, 1.54) is 12.1 Å². The minimum absolute atomic E-state index is 0.0317. The molecular formula is C12H13BrF3NO2. The zero-order chi connectivity index (χ0) is 14.6. The molecule has 0 radical (unpaired) electrons. The average molecular weight is 340 g/mol. The third kappa shape index (κ3) is 5.10. The van der Waals surface area contributed by atoms with E-state index in [2.05, 4.69) is 21.2 Å². The van der Waals surface area contributed by atoms with E-state index >= 15 is 0 Å². The van der Waals surface area contributed by atoms with Crippen LogP contribution in [0.25, 0.3) is 0 Å². The summed E-state index contributed by atoms with van der Waals surface area (Å²) in [5.41, 5.74) is -0.821. The molecule has 0 unspecified atom stereocenters. The second kappa shape index (κ2) is 6.27. The lowest BCUT2D eigenvalue weighted by Gasteiger charge is -2.12. The number of carbonyl (C=O) groups is 1. The molecule has 0 saturated heterocycles. The number of amides is 1. The highest BCUT2D eigenvalue weighted by Crippen LogP contribution is 2.36. The molecule has 0 saturated carbocycles. The molecule has 1 aromatic rings. The molecule has 0 aliphatic carbocycles. The molecular weight excluding hydrogens is 327 g/mol. The van der Waals surface area contributed by atoms with Gasteiger partial charge in [0.1, 0.15) is 0 Å². The largest absolute Gasteiger partial charge is 0.449 e. The molecule has 0 heterocycles. The fourth-order valence-corrected chi connectivity index (χ4v) is 1.69. The van der Waals surface area contributed by atoms with Gasteiger partial charge in [0.15, 0.2) is 0 Å². The van der Waals surface area contributed by atoms with E-state index in [1.807, 2.05) is 13.8 Å². The van der Waals surface area contributed by atoms with Crippen LogP contribution in [0, 0.1) is 5.92 Å². The summed E-state index contributed by atoms with van der Waals surface area (Å²) in [6.07, 6.45) is -5.26. The second-order valence-corrected chi connectivity index (χ2v) is 5.16. The summed E-state index contributed by atoms with van der Waals surface area (Å²) in [7, 11) is 0. The Morgan fingerprint density at radius 2 is 2.05 bits per heavy atom. The molecule has 1 rings (SSSR count). The Kier molecular flexibility index (Phi) is 5.22. The van der Waals surface area contributed by atoms with Crippen molar-refractivity contribution in [1.29, 1.82) is 0 Å². The highest BCUT2D eigenvalue weighted by molar-refractivity contribution is 9.10. The Hall–Kier alpha value is -1.24. The molecule has 0 fully saturated rings. The van der Waals surface area contributed by atoms with Gasteiger partial charge in [-0.15, -0.1) is 0 Å². The molecule has 0 bridgehead atoms. The van der Waals surface area contributed by atoms with E-state index in [4.69, 9.17) is 4.74 Å². The van der Waals surface area contributed by atoms with Crippen molar-refractivity contribution >= 4 is 27.7 Å². The number of anilines is 1. The second-order valence-electron chi connectivity index (χ2n) is 4.31. The predicted molar refractivity (Wildman–Crippen MR) is 69.0 cm³/mol. The van der Waals surface area contributed by atoms with Gasteiger partial charge < -0.3 is 4.74 Å². The molecule has 7 heteroatoms. The SMILES string of the molecule is CC(C)COC(=O)Nc1ccc(Br)c(C(F)(F)F)c1. The summed E-state index contributed by atoms with van der Waals surface area (Å²) in [5, 5.41) is 2.26. The highest BCUT2D eigenvalue weighted by atomic mass is 79.9. The van der Waals surface area contributed by atoms with Gasteiger partial charge >= 0.3 is 12.3 Å². The standard InChI is InChI=1S/C12H13BrF3NO2/c1-7(2)6-19-11(18)17-8-3-4-10(13)9(5-8)12(14,15)16/h3-5,7H,6H2,1-2H3,(H,17,18). The summed E-state index contributed by atoms with van der Waals surface area (Å²) < 4.78 is 42.7. The van der Waals surface area contributed by atoms with Gasteiger partial charge in [-0.25, -0.2) is 4.79 Å². The van der Waals surface area contributed by atoms with Gasteiger partial charge in [-0.1, -0.05) is 29.8 Å². The van der Waals surface area contributed by atoms with Gasteiger partial charge in [-0.05, 0) is 24.1 Å². The number of nitrogens with one attached hydrogen (secondary N) is 1. The quantitative estimate of drug-likeness (QED) is 0.868. The molecule has 0 aromatic heterocycles. The van der Waals surface area contributed by atoms with Crippen LogP contribution >= 0.6 is 15.9 Å². The first-order valence-corrected chi connectivity index (χ1v) is 6.30. The summed E-state index contributed by atoms with van der Waals surface area (Å²) in [6, 6.07) is 3.43. The van der Waals surface area contributed by atoms with Crippen molar-refractivity contribution in [3.63, 3.8) is 0 Å². The van der Waals surface area contributed by atoms with Crippen LogP contribution in [-0.2, 0) is 10.9 Å². The third-order valence-corrected chi connectivity index (χ3v) is 2.76. The Labute approximate surface area is 117 Å². The fraction of sp³-hybridized carbons (Fsp3) is 0.417. The van der Waals surface area contributed by atoms with Gasteiger partial charge in [0.2, 0.25) is 0 Å². The van der Waals surface area contributed by atoms with E-state index in [0.717, 1.165) is 6.07 Å². The van der Waals surface area contributed by atoms with Crippen LogP contribution < -0.4 is 5.32 Å². The molecule has 106 valence electrons. The normalized spacial score (nSPS) is 11.5. The highest BCUT2D eigenvalue weighted by Gasteiger charge is 2.33. The van der Waals surface area contributed by atoms with E-state index in [9.17, 15) is 18.0 Å². The van der Waals surface area contributed by atoms with Crippen LogP contribution in [-0.4, -0.2) is 12.7 Å². The summed E-state index contributed by atoms with van der Waals surface area (Å²) in [4.78, 5) is 11.3. The van der Waals surface area contributed by atoms with Crippen molar-refractivity contribution in [2.75, 3.05) is 11.9 Å². The van der Waals surface area contributed by atoms with Crippen molar-refractivity contribution in [2.45, 2.75) is 20.0 Å². The predicted octanol–water partition coefficient (Wildman–Crippen LogP) is 4.67. The van der Waals surface area contributed by atoms with Crippen LogP contribution in [0.1, 0.15) is 19.4 Å². The number of hydrogen-bond acceptors (Lipinski definition) is 2. The minimum Gasteiger partial charge on any atom is -0.449 e. The Bertz CT molecular complexity index is 461. The van der Waals surface area contributed by atoms with E-state index in [1.54, 1.807) is 0 Å². The summed E-state index contributed by atoms with van der Waals surface area (Å²) in [6.45, 7) is 3.91. The Balaban J connectivity index is 2.78. The van der Waals surface area contributed by atoms with Gasteiger partial charge in [0.05, 0.1) is 12.2 Å². The maximum absolute atomic E-state index is 12.6. The first-order valence-electron chi connectivity index (χ1n) is 5.50. The molecule has 0 aliphatic heterocycles. The molecule has 3 nitrogen and oxygen atoms in total. The Morgan fingerprint density at radius 1 is 1.42 bits per heavy atom. The summed E-state index contributed by atoms with van der Waals surface area (Å²) in [5.74, 6) is 0.154. The van der Waals surface area contributed by atoms with Gasteiger partial charge in [0, 0.05) is 10.2 Å². The van der Waals surface area contributed by atoms with Crippen LogP contribution in [0.15, 0.2) is 22.7 Å². The minimum atomic E-state index is -4.49. The smallest absolute Gasteiger partial charge is 0.417 e. The van der Waals surface area contributed by atoms with Crippen molar-refractivity contribution in [3.05, 3.63) is 28.2 Å². The first kappa shape index (κ1) is 15.8. The van der Waals surface area contributed by atoms with Gasteiger partial charge in [-0.3, -0.25) is 5.32 Å². The monoisotopic (exact) mass is 339 g/mol. The molecule has 1 N–H and O–H groups in total.